The molecule has 0 bridgehead atoms. The Hall–Kier alpha value is -4.14. The highest BCUT2D eigenvalue weighted by Crippen LogP contribution is 2.51. The molecule has 8 nitrogen and oxygen atoms in total. The molecule has 0 spiro atoms. The molecule has 2 atom stereocenters. The van der Waals surface area contributed by atoms with E-state index in [2.05, 4.69) is 17.0 Å². The van der Waals surface area contributed by atoms with Gasteiger partial charge in [-0.2, -0.15) is 5.10 Å². The van der Waals surface area contributed by atoms with Crippen LogP contribution in [-0.4, -0.2) is 51.8 Å². The molecule has 1 aliphatic heterocycles. The van der Waals surface area contributed by atoms with E-state index in [1.807, 2.05) is 0 Å². The molecule has 194 valence electrons. The van der Waals surface area contributed by atoms with Crippen molar-refractivity contribution in [3.05, 3.63) is 89.3 Å². The van der Waals surface area contributed by atoms with E-state index in [1.54, 1.807) is 60.1 Å². The van der Waals surface area contributed by atoms with Gasteiger partial charge < -0.3 is 21.1 Å². The summed E-state index contributed by atoms with van der Waals surface area (Å²) >= 11 is 0. The number of nitrogens with zero attached hydrogens (tertiary/aromatic N) is 3. The van der Waals surface area contributed by atoms with Crippen LogP contribution in [0.3, 0.4) is 0 Å². The van der Waals surface area contributed by atoms with Crippen LogP contribution in [-0.2, 0) is 4.79 Å². The van der Waals surface area contributed by atoms with Gasteiger partial charge in [-0.05, 0) is 43.9 Å². The van der Waals surface area contributed by atoms with Crippen molar-refractivity contribution in [1.29, 1.82) is 0 Å². The molecule has 2 aromatic rings. The van der Waals surface area contributed by atoms with Crippen molar-refractivity contribution in [3.8, 4) is 5.69 Å². The molecule has 9 heteroatoms. The molecule has 1 saturated heterocycles. The number of halogens is 1. The van der Waals surface area contributed by atoms with Crippen molar-refractivity contribution in [2.24, 2.45) is 11.7 Å². The highest BCUT2D eigenvalue weighted by Gasteiger charge is 2.45. The van der Waals surface area contributed by atoms with Gasteiger partial charge in [-0.15, -0.1) is 0 Å². The number of carboxylic acids is 1. The summed E-state index contributed by atoms with van der Waals surface area (Å²) in [7, 11) is 1.76. The third-order valence-corrected chi connectivity index (χ3v) is 6.91. The maximum atomic E-state index is 15.8. The zero-order chi connectivity index (χ0) is 26.7. The number of likely N-dealkylation sites (tertiary alicyclic amines) is 1. The van der Waals surface area contributed by atoms with Crippen LogP contribution < -0.4 is 11.1 Å². The van der Waals surface area contributed by atoms with Gasteiger partial charge in [-0.3, -0.25) is 4.79 Å². The van der Waals surface area contributed by atoms with E-state index in [4.69, 9.17) is 5.73 Å². The molecule has 1 saturated carbocycles. The summed E-state index contributed by atoms with van der Waals surface area (Å²) < 4.78 is 17.3. The molecule has 1 aromatic heterocycles. The van der Waals surface area contributed by atoms with Gasteiger partial charge in [0.1, 0.15) is 11.4 Å². The summed E-state index contributed by atoms with van der Waals surface area (Å²) in [4.78, 5) is 26.5. The number of aromatic carboxylic acids is 1. The van der Waals surface area contributed by atoms with Gasteiger partial charge in [0, 0.05) is 49.4 Å². The minimum atomic E-state index is -1.07. The van der Waals surface area contributed by atoms with Crippen LogP contribution in [0.4, 0.5) is 4.39 Å². The Kier molecular flexibility index (Phi) is 7.61. The Morgan fingerprint density at radius 1 is 1.30 bits per heavy atom. The average Bonchev–Trinajstić information content (AvgIpc) is 3.28. The number of rotatable bonds is 9. The van der Waals surface area contributed by atoms with Crippen LogP contribution in [0, 0.1) is 5.92 Å². The number of allylic oxidation sites excluding steroid dienone is 4. The number of carboxylic acid groups (broad SMARTS) is 1. The predicted octanol–water partition coefficient (Wildman–Crippen LogP) is 4.13. The minimum absolute atomic E-state index is 0.00223. The minimum Gasteiger partial charge on any atom is -0.478 e. The third kappa shape index (κ3) is 5.07. The van der Waals surface area contributed by atoms with Crippen LogP contribution in [0.1, 0.15) is 53.7 Å². The number of amides is 1. The largest absolute Gasteiger partial charge is 0.478 e. The van der Waals surface area contributed by atoms with E-state index < -0.39 is 11.8 Å². The van der Waals surface area contributed by atoms with Gasteiger partial charge in [0.15, 0.2) is 0 Å². The van der Waals surface area contributed by atoms with Crippen molar-refractivity contribution in [1.82, 2.24) is 20.0 Å². The van der Waals surface area contributed by atoms with Gasteiger partial charge in [-0.1, -0.05) is 30.9 Å². The lowest BCUT2D eigenvalue weighted by atomic mass is 10.00. The predicted molar refractivity (Wildman–Crippen MR) is 140 cm³/mol. The monoisotopic (exact) mass is 505 g/mol. The van der Waals surface area contributed by atoms with E-state index in [-0.39, 0.29) is 34.5 Å². The number of carbonyl (C=O) groups excluding carboxylic acids is 1. The molecular weight excluding hydrogens is 473 g/mol. The molecule has 37 heavy (non-hydrogen) atoms. The molecule has 2 heterocycles. The van der Waals surface area contributed by atoms with Crippen LogP contribution in [0.25, 0.3) is 11.3 Å². The Bertz CT molecular complexity index is 1320. The molecule has 0 radical (unpaired) electrons. The number of hydrogen-bond donors (Lipinski definition) is 3. The first-order valence-electron chi connectivity index (χ1n) is 12.3. The van der Waals surface area contributed by atoms with Crippen molar-refractivity contribution in [3.63, 3.8) is 0 Å². The topological polar surface area (TPSA) is 113 Å². The molecule has 1 amide bonds. The molecule has 1 aliphatic carbocycles. The molecule has 1 unspecified atom stereocenters. The Morgan fingerprint density at radius 2 is 2.03 bits per heavy atom. The molecule has 2 fully saturated rings. The molecule has 2 aliphatic rings. The second-order valence-electron chi connectivity index (χ2n) is 9.23. The number of nitrogens with two attached hydrogens (primary N) is 1. The molecule has 4 rings (SSSR count). The number of hydrogen-bond acceptors (Lipinski definition) is 5. The van der Waals surface area contributed by atoms with Gasteiger partial charge in [0.05, 0.1) is 23.2 Å². The first-order valence-corrected chi connectivity index (χ1v) is 12.3. The maximum absolute atomic E-state index is 15.8. The van der Waals surface area contributed by atoms with Gasteiger partial charge in [0.2, 0.25) is 0 Å². The fourth-order valence-corrected chi connectivity index (χ4v) is 4.96. The van der Waals surface area contributed by atoms with Crippen molar-refractivity contribution < 1.29 is 19.1 Å². The fraction of sp³-hybridized carbons (Fsp3) is 0.321. The van der Waals surface area contributed by atoms with Crippen LogP contribution in [0.5, 0.6) is 0 Å². The smallest absolute Gasteiger partial charge is 0.339 e. The molecule has 4 N–H and O–H groups in total. The average molecular weight is 506 g/mol. The number of nitrogens with one attached hydrogen (secondary N) is 1. The Balaban J connectivity index is 1.73. The third-order valence-electron chi connectivity index (χ3n) is 6.91. The summed E-state index contributed by atoms with van der Waals surface area (Å²) in [5.41, 5.74) is 8.76. The summed E-state index contributed by atoms with van der Waals surface area (Å²) in [5.74, 6) is -2.19. The molecule has 1 aromatic carbocycles. The maximum Gasteiger partial charge on any atom is 0.339 e. The van der Waals surface area contributed by atoms with Crippen LogP contribution in [0.15, 0.2) is 72.5 Å². The van der Waals surface area contributed by atoms with Gasteiger partial charge in [0.25, 0.3) is 5.91 Å². The normalized spacial score (nSPS) is 20.5. The van der Waals surface area contributed by atoms with Crippen molar-refractivity contribution in [2.75, 3.05) is 20.1 Å². The lowest BCUT2D eigenvalue weighted by Crippen LogP contribution is -2.29. The molecular formula is C28H32FN5O3. The van der Waals surface area contributed by atoms with E-state index in [9.17, 15) is 14.7 Å². The standard InChI is InChI=1S/C28H32FN5O3/c1-4-19(25(29)20(5-2)27(35)33-11-6-7-12-33)17-9-8-10-18(13-17)34-26(23(15-32-34)28(36)37)22-14-21(22)24(30)16-31-3/h4-5,8-10,13,15-16,21-22,31H,2,6-7,11-12,14,30H2,1,3H3,(H,36,37)/b19-4-,24-16-,25-20-/t21?,22-/m1/s1. The zero-order valence-electron chi connectivity index (χ0n) is 21.1. The van der Waals surface area contributed by atoms with E-state index in [0.29, 0.717) is 42.2 Å². The Morgan fingerprint density at radius 3 is 2.65 bits per heavy atom. The lowest BCUT2D eigenvalue weighted by Gasteiger charge is -2.17. The number of carbonyl (C=O) groups is 2. The Labute approximate surface area is 215 Å². The number of benzene rings is 1. The second-order valence-corrected chi connectivity index (χ2v) is 9.23. The summed E-state index contributed by atoms with van der Waals surface area (Å²) in [6, 6.07) is 7.02. The summed E-state index contributed by atoms with van der Waals surface area (Å²) in [6.45, 7) is 6.60. The van der Waals surface area contributed by atoms with Crippen LogP contribution >= 0.6 is 0 Å². The first-order chi connectivity index (χ1) is 17.8. The van der Waals surface area contributed by atoms with Gasteiger partial charge in [-0.25, -0.2) is 13.9 Å². The number of aromatic nitrogens is 2. The van der Waals surface area contributed by atoms with E-state index in [0.717, 1.165) is 12.8 Å². The zero-order valence-corrected chi connectivity index (χ0v) is 21.1. The quantitative estimate of drug-likeness (QED) is 0.349. The van der Waals surface area contributed by atoms with E-state index in [1.165, 1.54) is 12.3 Å². The highest BCUT2D eigenvalue weighted by atomic mass is 19.1. The SMILES string of the molecule is C=C/C(C(=O)N1CCCC1)=C(F)\C(=C/C)c1cccc(-n2ncc(C(=O)O)c2[C@@H]2CC2/C(N)=C/NC)c1. The van der Waals surface area contributed by atoms with Crippen molar-refractivity contribution >= 4 is 17.4 Å². The first kappa shape index (κ1) is 25.9. The fourth-order valence-electron chi connectivity index (χ4n) is 4.96. The highest BCUT2D eigenvalue weighted by molar-refractivity contribution is 6.00. The van der Waals surface area contributed by atoms with Crippen LogP contribution in [0.2, 0.25) is 0 Å². The van der Waals surface area contributed by atoms with Gasteiger partial charge >= 0.3 is 5.97 Å². The second kappa shape index (κ2) is 10.9. The summed E-state index contributed by atoms with van der Waals surface area (Å²) in [5, 5.41) is 17.1. The van der Waals surface area contributed by atoms with E-state index >= 15 is 4.39 Å². The lowest BCUT2D eigenvalue weighted by molar-refractivity contribution is -0.125. The van der Waals surface area contributed by atoms with Crippen molar-refractivity contribution in [2.45, 2.75) is 32.1 Å². The summed E-state index contributed by atoms with van der Waals surface area (Å²) in [6.07, 6.45) is 8.43.